The zero-order valence-corrected chi connectivity index (χ0v) is 18.3. The van der Waals surface area contributed by atoms with Crippen molar-refractivity contribution in [3.63, 3.8) is 0 Å². The number of carbonyl (C=O) groups excluding carboxylic acids is 1. The molecule has 4 rings (SSSR count). The minimum absolute atomic E-state index is 0.0826. The fourth-order valence-corrected chi connectivity index (χ4v) is 4.92. The Kier molecular flexibility index (Phi) is 6.04. The van der Waals surface area contributed by atoms with E-state index in [9.17, 15) is 4.79 Å². The van der Waals surface area contributed by atoms with Crippen molar-refractivity contribution in [3.05, 3.63) is 58.5 Å². The number of fused-ring (bicyclic) bond motifs is 2. The van der Waals surface area contributed by atoms with E-state index in [-0.39, 0.29) is 11.8 Å². The number of rotatable bonds is 7. The van der Waals surface area contributed by atoms with Crippen molar-refractivity contribution in [3.8, 4) is 11.5 Å². The number of carbonyl (C=O) groups is 1. The molecule has 2 aromatic carbocycles. The van der Waals surface area contributed by atoms with Crippen molar-refractivity contribution >= 4 is 33.0 Å². The SMILES string of the molecule is CCCC1C(=O)NN=C(c2cc3ccccc3s2)c2cc(OCC)c(OCC)cc21. The van der Waals surface area contributed by atoms with Crippen LogP contribution >= 0.6 is 11.3 Å². The molecule has 0 saturated carbocycles. The van der Waals surface area contributed by atoms with Crippen LogP contribution in [0.5, 0.6) is 11.5 Å². The van der Waals surface area contributed by atoms with Gasteiger partial charge in [0.2, 0.25) is 5.91 Å². The number of nitrogens with zero attached hydrogens (tertiary/aromatic N) is 1. The molecule has 0 fully saturated rings. The predicted octanol–water partition coefficient (Wildman–Crippen LogP) is 5.46. The van der Waals surface area contributed by atoms with E-state index in [1.807, 2.05) is 38.1 Å². The lowest BCUT2D eigenvalue weighted by molar-refractivity contribution is -0.122. The van der Waals surface area contributed by atoms with Crippen LogP contribution in [-0.2, 0) is 4.79 Å². The third kappa shape index (κ3) is 3.79. The zero-order valence-electron chi connectivity index (χ0n) is 17.5. The van der Waals surface area contributed by atoms with Crippen LogP contribution < -0.4 is 14.9 Å². The van der Waals surface area contributed by atoms with Crippen LogP contribution in [0.1, 0.15) is 55.5 Å². The Hall–Kier alpha value is -2.86. The van der Waals surface area contributed by atoms with Crippen molar-refractivity contribution in [2.75, 3.05) is 13.2 Å². The highest BCUT2D eigenvalue weighted by molar-refractivity contribution is 7.21. The number of nitrogens with one attached hydrogen (secondary N) is 1. The summed E-state index contributed by atoms with van der Waals surface area (Å²) < 4.78 is 12.9. The van der Waals surface area contributed by atoms with E-state index < -0.39 is 0 Å². The molecule has 1 atom stereocenters. The van der Waals surface area contributed by atoms with Crippen molar-refractivity contribution in [1.29, 1.82) is 0 Å². The molecule has 3 aromatic rings. The number of hydrogen-bond acceptors (Lipinski definition) is 5. The number of hydrazone groups is 1. The first-order valence-corrected chi connectivity index (χ1v) is 11.3. The van der Waals surface area contributed by atoms with Crippen LogP contribution in [0, 0.1) is 0 Å². The van der Waals surface area contributed by atoms with Gasteiger partial charge >= 0.3 is 0 Å². The normalized spacial score (nSPS) is 15.9. The second kappa shape index (κ2) is 8.88. The Bertz CT molecular complexity index is 1070. The van der Waals surface area contributed by atoms with E-state index in [1.165, 1.54) is 10.1 Å². The zero-order chi connectivity index (χ0) is 21.1. The molecule has 0 radical (unpaired) electrons. The van der Waals surface area contributed by atoms with Gasteiger partial charge in [0.15, 0.2) is 11.5 Å². The topological polar surface area (TPSA) is 59.9 Å². The quantitative estimate of drug-likeness (QED) is 0.550. The largest absolute Gasteiger partial charge is 0.490 e. The molecule has 1 amide bonds. The van der Waals surface area contributed by atoms with E-state index >= 15 is 0 Å². The molecule has 30 heavy (non-hydrogen) atoms. The van der Waals surface area contributed by atoms with Gasteiger partial charge in [-0.25, -0.2) is 5.43 Å². The van der Waals surface area contributed by atoms with Crippen molar-refractivity contribution in [2.24, 2.45) is 5.10 Å². The average molecular weight is 423 g/mol. The maximum Gasteiger partial charge on any atom is 0.247 e. The van der Waals surface area contributed by atoms with E-state index in [2.05, 4.69) is 35.7 Å². The van der Waals surface area contributed by atoms with E-state index in [0.29, 0.717) is 24.7 Å². The summed E-state index contributed by atoms with van der Waals surface area (Å²) in [7, 11) is 0. The first-order chi connectivity index (χ1) is 14.7. The van der Waals surface area contributed by atoms with Crippen LogP contribution in [0.2, 0.25) is 0 Å². The fourth-order valence-electron chi connectivity index (χ4n) is 3.86. The highest BCUT2D eigenvalue weighted by atomic mass is 32.1. The molecule has 0 aliphatic carbocycles. The lowest BCUT2D eigenvalue weighted by Crippen LogP contribution is -2.24. The molecule has 0 spiro atoms. The van der Waals surface area contributed by atoms with Gasteiger partial charge in [-0.15, -0.1) is 11.3 Å². The molecule has 1 aliphatic heterocycles. The maximum atomic E-state index is 12.9. The van der Waals surface area contributed by atoms with Gasteiger partial charge in [0.25, 0.3) is 0 Å². The molecule has 1 aromatic heterocycles. The Morgan fingerprint density at radius 2 is 1.77 bits per heavy atom. The van der Waals surface area contributed by atoms with Gasteiger partial charge in [-0.2, -0.15) is 5.10 Å². The third-order valence-corrected chi connectivity index (χ3v) is 6.30. The fraction of sp³-hybridized carbons (Fsp3) is 0.333. The van der Waals surface area contributed by atoms with E-state index in [1.54, 1.807) is 11.3 Å². The molecule has 1 unspecified atom stereocenters. The summed E-state index contributed by atoms with van der Waals surface area (Å²) in [6.45, 7) is 7.04. The monoisotopic (exact) mass is 422 g/mol. The Balaban J connectivity index is 1.93. The summed E-state index contributed by atoms with van der Waals surface area (Å²) in [4.78, 5) is 13.9. The van der Waals surface area contributed by atoms with Crippen LogP contribution in [0.3, 0.4) is 0 Å². The molecular weight excluding hydrogens is 396 g/mol. The summed E-state index contributed by atoms with van der Waals surface area (Å²) in [6.07, 6.45) is 1.64. The van der Waals surface area contributed by atoms with Crippen LogP contribution in [0.4, 0.5) is 0 Å². The van der Waals surface area contributed by atoms with Crippen molar-refractivity contribution < 1.29 is 14.3 Å². The highest BCUT2D eigenvalue weighted by Crippen LogP contribution is 2.39. The standard InChI is InChI=1S/C24H26N2O3S/c1-4-9-16-17-13-19(28-5-2)20(29-6-3)14-18(17)23(25-26-24(16)27)22-12-15-10-7-8-11-21(15)30-22/h7-8,10-14,16H,4-6,9H2,1-3H3,(H,26,27). The second-order valence-corrected chi connectivity index (χ2v) is 8.26. The number of benzene rings is 2. The smallest absolute Gasteiger partial charge is 0.247 e. The Morgan fingerprint density at radius 1 is 1.03 bits per heavy atom. The number of hydrogen-bond donors (Lipinski definition) is 1. The first-order valence-electron chi connectivity index (χ1n) is 10.5. The van der Waals surface area contributed by atoms with E-state index in [0.717, 1.165) is 34.6 Å². The first kappa shape index (κ1) is 20.4. The van der Waals surface area contributed by atoms with Gasteiger partial charge in [-0.3, -0.25) is 4.79 Å². The van der Waals surface area contributed by atoms with Crippen LogP contribution in [0.25, 0.3) is 10.1 Å². The molecule has 5 nitrogen and oxygen atoms in total. The van der Waals surface area contributed by atoms with Gasteiger partial charge in [0, 0.05) is 10.3 Å². The Morgan fingerprint density at radius 3 is 2.47 bits per heavy atom. The molecule has 0 bridgehead atoms. The maximum absolute atomic E-state index is 12.9. The highest BCUT2D eigenvalue weighted by Gasteiger charge is 2.30. The van der Waals surface area contributed by atoms with E-state index in [4.69, 9.17) is 9.47 Å². The summed E-state index contributed by atoms with van der Waals surface area (Å²) in [5.41, 5.74) is 5.42. The van der Waals surface area contributed by atoms with Gasteiger partial charge < -0.3 is 9.47 Å². The molecule has 0 saturated heterocycles. The van der Waals surface area contributed by atoms with Crippen LogP contribution in [0.15, 0.2) is 47.6 Å². The van der Waals surface area contributed by atoms with Crippen molar-refractivity contribution in [1.82, 2.24) is 5.43 Å². The minimum atomic E-state index is -0.282. The molecule has 1 N–H and O–H groups in total. The molecule has 156 valence electrons. The predicted molar refractivity (Wildman–Crippen MR) is 122 cm³/mol. The summed E-state index contributed by atoms with van der Waals surface area (Å²) >= 11 is 1.67. The third-order valence-electron chi connectivity index (χ3n) is 5.18. The van der Waals surface area contributed by atoms with Gasteiger partial charge in [-0.1, -0.05) is 31.5 Å². The number of thiophene rings is 1. The Labute approximate surface area is 180 Å². The van der Waals surface area contributed by atoms with Gasteiger partial charge in [0.1, 0.15) is 5.71 Å². The number of ether oxygens (including phenoxy) is 2. The van der Waals surface area contributed by atoms with Gasteiger partial charge in [-0.05, 0) is 55.5 Å². The molecule has 6 heteroatoms. The van der Waals surface area contributed by atoms with Gasteiger partial charge in [0.05, 0.1) is 24.0 Å². The lowest BCUT2D eigenvalue weighted by atomic mass is 9.88. The molecular formula is C24H26N2O3S. The number of amides is 1. The second-order valence-electron chi connectivity index (χ2n) is 7.18. The molecule has 2 heterocycles. The summed E-state index contributed by atoms with van der Waals surface area (Å²) in [5.74, 6) is 0.984. The lowest BCUT2D eigenvalue weighted by Gasteiger charge is -2.19. The summed E-state index contributed by atoms with van der Waals surface area (Å²) in [6, 6.07) is 14.3. The average Bonchev–Trinajstić information content (AvgIpc) is 3.12. The van der Waals surface area contributed by atoms with Crippen LogP contribution in [-0.4, -0.2) is 24.8 Å². The minimum Gasteiger partial charge on any atom is -0.490 e. The van der Waals surface area contributed by atoms with Crippen molar-refractivity contribution in [2.45, 2.75) is 39.5 Å². The summed E-state index contributed by atoms with van der Waals surface area (Å²) in [5, 5.41) is 5.72. The molecule has 1 aliphatic rings.